The minimum absolute atomic E-state index is 0.0492. The van der Waals surface area contributed by atoms with Crippen LogP contribution in [0.25, 0.3) is 0 Å². The van der Waals surface area contributed by atoms with Gasteiger partial charge in [0.25, 0.3) is 0 Å². The summed E-state index contributed by atoms with van der Waals surface area (Å²) in [5.74, 6) is -1.88. The Balaban J connectivity index is 2.26. The molecule has 1 aliphatic rings. The van der Waals surface area contributed by atoms with Gasteiger partial charge >= 0.3 is 0 Å². The smallest absolute Gasteiger partial charge is 0.182 e. The predicted octanol–water partition coefficient (Wildman–Crippen LogP) is 3.73. The van der Waals surface area contributed by atoms with E-state index in [0.717, 1.165) is 25.7 Å². The quantitative estimate of drug-likeness (QED) is 0.831. The first-order chi connectivity index (χ1) is 8.93. The van der Waals surface area contributed by atoms with Crippen molar-refractivity contribution in [2.24, 2.45) is 5.73 Å². The molecule has 0 atom stereocenters. The van der Waals surface area contributed by atoms with Crippen LogP contribution in [0.5, 0.6) is 0 Å². The molecule has 5 heteroatoms. The topological polar surface area (TPSA) is 38.0 Å². The summed E-state index contributed by atoms with van der Waals surface area (Å²) in [5, 5.41) is 3.13. The Kier molecular flexibility index (Phi) is 4.04. The fourth-order valence-electron chi connectivity index (χ4n) is 2.62. The molecule has 2 nitrogen and oxygen atoms in total. The molecule has 1 aromatic rings. The number of anilines is 1. The summed E-state index contributed by atoms with van der Waals surface area (Å²) in [7, 11) is 0. The Morgan fingerprint density at radius 3 is 2.42 bits per heavy atom. The maximum Gasteiger partial charge on any atom is 0.182 e. The van der Waals surface area contributed by atoms with E-state index in [0.29, 0.717) is 0 Å². The number of thiocarbonyl (C=S) groups is 1. The van der Waals surface area contributed by atoms with Crippen molar-refractivity contribution >= 4 is 22.9 Å². The first-order valence-electron chi connectivity index (χ1n) is 6.49. The normalized spacial score (nSPS) is 18.1. The molecule has 0 radical (unpaired) electrons. The molecule has 0 bridgehead atoms. The zero-order chi connectivity index (χ0) is 14.0. The molecule has 1 saturated carbocycles. The fraction of sp³-hybridized carbons (Fsp3) is 0.500. The van der Waals surface area contributed by atoms with Crippen molar-refractivity contribution in [3.05, 3.63) is 29.3 Å². The molecule has 0 amide bonds. The lowest BCUT2D eigenvalue weighted by atomic mass is 9.83. The van der Waals surface area contributed by atoms with E-state index in [1.165, 1.54) is 18.6 Å². The molecule has 1 aromatic carbocycles. The maximum absolute atomic E-state index is 14.0. The molecular formula is C14H18F2N2S. The average molecular weight is 284 g/mol. The van der Waals surface area contributed by atoms with Crippen LogP contribution in [0, 0.1) is 11.6 Å². The minimum Gasteiger partial charge on any atom is -0.389 e. The Bertz CT molecular complexity index is 496. The third kappa shape index (κ3) is 3.03. The van der Waals surface area contributed by atoms with Crippen molar-refractivity contribution in [1.29, 1.82) is 0 Å². The van der Waals surface area contributed by atoms with Gasteiger partial charge in [-0.25, -0.2) is 8.78 Å². The molecule has 0 aliphatic heterocycles. The molecule has 0 heterocycles. The van der Waals surface area contributed by atoms with E-state index in [1.807, 2.05) is 6.92 Å². The molecule has 0 aromatic heterocycles. The number of nitrogens with two attached hydrogens (primary N) is 1. The molecule has 1 aliphatic carbocycles. The summed E-state index contributed by atoms with van der Waals surface area (Å²) < 4.78 is 27.8. The van der Waals surface area contributed by atoms with Crippen LogP contribution in [-0.4, -0.2) is 10.5 Å². The summed E-state index contributed by atoms with van der Waals surface area (Å²) >= 11 is 4.69. The standard InChI is InChI=1S/C14H18F2N2S/c1-14(7-3-2-4-8-14)18-10-6-5-9(13(17)19)11(15)12(10)16/h5-6,18H,2-4,7-8H2,1H3,(H2,17,19). The minimum atomic E-state index is -0.975. The van der Waals surface area contributed by atoms with Gasteiger partial charge in [0, 0.05) is 11.1 Å². The highest BCUT2D eigenvalue weighted by Crippen LogP contribution is 2.32. The van der Waals surface area contributed by atoms with Crippen molar-refractivity contribution in [3.8, 4) is 0 Å². The van der Waals surface area contributed by atoms with E-state index in [2.05, 4.69) is 17.5 Å². The molecule has 3 N–H and O–H groups in total. The van der Waals surface area contributed by atoms with Gasteiger partial charge in [0.2, 0.25) is 0 Å². The highest BCUT2D eigenvalue weighted by molar-refractivity contribution is 7.80. The first-order valence-corrected chi connectivity index (χ1v) is 6.90. The van der Waals surface area contributed by atoms with Gasteiger partial charge in [-0.3, -0.25) is 0 Å². The summed E-state index contributed by atoms with van der Waals surface area (Å²) in [6, 6.07) is 2.93. The Morgan fingerprint density at radius 1 is 1.21 bits per heavy atom. The molecule has 104 valence electrons. The lowest BCUT2D eigenvalue weighted by Crippen LogP contribution is -2.37. The molecular weight excluding hydrogens is 266 g/mol. The zero-order valence-corrected chi connectivity index (χ0v) is 11.7. The van der Waals surface area contributed by atoms with Gasteiger partial charge < -0.3 is 11.1 Å². The zero-order valence-electron chi connectivity index (χ0n) is 10.9. The number of halogens is 2. The monoisotopic (exact) mass is 284 g/mol. The largest absolute Gasteiger partial charge is 0.389 e. The molecule has 2 rings (SSSR count). The number of nitrogens with one attached hydrogen (secondary N) is 1. The van der Waals surface area contributed by atoms with E-state index in [9.17, 15) is 8.78 Å². The lowest BCUT2D eigenvalue weighted by Gasteiger charge is -2.35. The fourth-order valence-corrected chi connectivity index (χ4v) is 2.78. The second-order valence-electron chi connectivity index (χ2n) is 5.40. The SMILES string of the molecule is CC1(Nc2ccc(C(N)=S)c(F)c2F)CCCCC1. The van der Waals surface area contributed by atoms with Gasteiger partial charge in [-0.05, 0) is 31.9 Å². The number of rotatable bonds is 3. The highest BCUT2D eigenvalue weighted by atomic mass is 32.1. The highest BCUT2D eigenvalue weighted by Gasteiger charge is 2.28. The molecule has 1 fully saturated rings. The molecule has 19 heavy (non-hydrogen) atoms. The Morgan fingerprint density at radius 2 is 1.84 bits per heavy atom. The summed E-state index contributed by atoms with van der Waals surface area (Å²) in [6.07, 6.45) is 5.35. The Labute approximate surface area is 117 Å². The van der Waals surface area contributed by atoms with Crippen LogP contribution in [0.3, 0.4) is 0 Å². The van der Waals surface area contributed by atoms with Gasteiger partial charge in [0.15, 0.2) is 11.6 Å². The Hall–Kier alpha value is -1.23. The van der Waals surface area contributed by atoms with Crippen LogP contribution >= 0.6 is 12.2 Å². The number of hydrogen-bond donors (Lipinski definition) is 2. The number of benzene rings is 1. The lowest BCUT2D eigenvalue weighted by molar-refractivity contribution is 0.347. The first kappa shape index (κ1) is 14.2. The molecule has 0 saturated heterocycles. The van der Waals surface area contributed by atoms with Crippen molar-refractivity contribution < 1.29 is 8.78 Å². The van der Waals surface area contributed by atoms with E-state index in [-0.39, 0.29) is 21.8 Å². The molecule has 0 unspecified atom stereocenters. The van der Waals surface area contributed by atoms with Crippen molar-refractivity contribution in [3.63, 3.8) is 0 Å². The van der Waals surface area contributed by atoms with Gasteiger partial charge in [-0.2, -0.15) is 0 Å². The van der Waals surface area contributed by atoms with Gasteiger partial charge in [-0.15, -0.1) is 0 Å². The maximum atomic E-state index is 14.0. The van der Waals surface area contributed by atoms with Crippen LogP contribution in [0.2, 0.25) is 0 Å². The van der Waals surface area contributed by atoms with E-state index in [1.54, 1.807) is 0 Å². The van der Waals surface area contributed by atoms with Crippen molar-refractivity contribution in [2.75, 3.05) is 5.32 Å². The predicted molar refractivity (Wildman–Crippen MR) is 77.4 cm³/mol. The van der Waals surface area contributed by atoms with E-state index >= 15 is 0 Å². The second kappa shape index (κ2) is 5.41. The number of hydrogen-bond acceptors (Lipinski definition) is 2. The van der Waals surface area contributed by atoms with Crippen LogP contribution in [-0.2, 0) is 0 Å². The second-order valence-corrected chi connectivity index (χ2v) is 5.84. The van der Waals surface area contributed by atoms with Crippen LogP contribution < -0.4 is 11.1 Å². The summed E-state index contributed by atoms with van der Waals surface area (Å²) in [4.78, 5) is -0.133. The van der Waals surface area contributed by atoms with Gasteiger partial charge in [0.05, 0.1) is 5.69 Å². The van der Waals surface area contributed by atoms with Crippen molar-refractivity contribution in [1.82, 2.24) is 0 Å². The van der Waals surface area contributed by atoms with Crippen LogP contribution in [0.15, 0.2) is 12.1 Å². The average Bonchev–Trinajstić information content (AvgIpc) is 2.35. The van der Waals surface area contributed by atoms with E-state index < -0.39 is 11.6 Å². The van der Waals surface area contributed by atoms with Crippen molar-refractivity contribution in [2.45, 2.75) is 44.6 Å². The van der Waals surface area contributed by atoms with E-state index in [4.69, 9.17) is 5.73 Å². The third-order valence-corrected chi connectivity index (χ3v) is 3.96. The molecule has 0 spiro atoms. The van der Waals surface area contributed by atoms with Crippen LogP contribution in [0.1, 0.15) is 44.6 Å². The third-order valence-electron chi connectivity index (χ3n) is 3.74. The summed E-state index contributed by atoms with van der Waals surface area (Å²) in [6.45, 7) is 2.05. The summed E-state index contributed by atoms with van der Waals surface area (Å²) in [5.41, 5.74) is 5.31. The van der Waals surface area contributed by atoms with Gasteiger partial charge in [0.1, 0.15) is 4.99 Å². The van der Waals surface area contributed by atoms with Gasteiger partial charge in [-0.1, -0.05) is 31.5 Å². The van der Waals surface area contributed by atoms with Crippen LogP contribution in [0.4, 0.5) is 14.5 Å².